The lowest BCUT2D eigenvalue weighted by molar-refractivity contribution is -0.143. The average Bonchev–Trinajstić information content (AvgIpc) is 2.12. The maximum absolute atomic E-state index is 11.0. The second kappa shape index (κ2) is 7.53. The molecule has 0 heterocycles. The third kappa shape index (κ3) is 7.25. The van der Waals surface area contributed by atoms with Crippen LogP contribution in [0.25, 0.3) is 0 Å². The van der Waals surface area contributed by atoms with Crippen molar-refractivity contribution in [1.82, 2.24) is 0 Å². The Morgan fingerprint density at radius 3 is 2.54 bits per heavy atom. The average molecular weight is 184 g/mol. The molecule has 0 bridgehead atoms. The highest BCUT2D eigenvalue weighted by atomic mass is 16.5. The van der Waals surface area contributed by atoms with Crippen molar-refractivity contribution in [1.29, 1.82) is 0 Å². The number of esters is 1. The summed E-state index contributed by atoms with van der Waals surface area (Å²) >= 11 is 0. The van der Waals surface area contributed by atoms with E-state index in [0.29, 0.717) is 12.8 Å². The van der Waals surface area contributed by atoms with E-state index in [1.54, 1.807) is 0 Å². The Hall–Kier alpha value is -1.12. The maximum atomic E-state index is 11.0. The van der Waals surface area contributed by atoms with Crippen molar-refractivity contribution in [3.05, 3.63) is 12.2 Å². The molecule has 0 spiro atoms. The van der Waals surface area contributed by atoms with E-state index < -0.39 is 5.97 Å². The Bertz CT molecular complexity index is 194. The van der Waals surface area contributed by atoms with Crippen LogP contribution in [0.15, 0.2) is 12.2 Å². The van der Waals surface area contributed by atoms with Crippen molar-refractivity contribution in [3.63, 3.8) is 0 Å². The predicted molar refractivity (Wildman–Crippen MR) is 50.3 cm³/mol. The zero-order chi connectivity index (χ0) is 10.1. The molecular formula is C10H16O3. The lowest BCUT2D eigenvalue weighted by Crippen LogP contribution is -2.08. The van der Waals surface area contributed by atoms with Gasteiger partial charge in [-0.05, 0) is 12.8 Å². The molecule has 0 aromatic carbocycles. The third-order valence-corrected chi connectivity index (χ3v) is 1.56. The van der Waals surface area contributed by atoms with E-state index in [2.05, 4.69) is 4.74 Å². The first-order valence-electron chi connectivity index (χ1n) is 4.44. The molecule has 13 heavy (non-hydrogen) atoms. The van der Waals surface area contributed by atoms with Gasteiger partial charge in [-0.15, -0.1) is 0 Å². The van der Waals surface area contributed by atoms with Gasteiger partial charge in [-0.1, -0.05) is 19.1 Å². The summed E-state index contributed by atoms with van der Waals surface area (Å²) in [6.45, 7) is 2.03. The fourth-order valence-corrected chi connectivity index (χ4v) is 0.850. The van der Waals surface area contributed by atoms with Gasteiger partial charge in [-0.3, -0.25) is 9.59 Å². The van der Waals surface area contributed by atoms with Crippen molar-refractivity contribution in [3.8, 4) is 0 Å². The first-order chi connectivity index (χ1) is 6.20. The molecule has 0 aromatic rings. The number of rotatable bonds is 6. The van der Waals surface area contributed by atoms with Crippen molar-refractivity contribution in [2.75, 3.05) is 7.11 Å². The number of carbonyl (C=O) groups excluding carboxylic acids is 2. The van der Waals surface area contributed by atoms with Gasteiger partial charge in [0, 0.05) is 6.42 Å². The lowest BCUT2D eigenvalue weighted by Gasteiger charge is -1.96. The minimum absolute atomic E-state index is 0.0624. The SMILES string of the molecule is CC/C=C\CCC(=O)CC(=O)OC. The van der Waals surface area contributed by atoms with Crippen LogP contribution in [0.3, 0.4) is 0 Å². The highest BCUT2D eigenvalue weighted by Crippen LogP contribution is 1.98. The summed E-state index contributed by atoms with van der Waals surface area (Å²) < 4.78 is 4.37. The van der Waals surface area contributed by atoms with E-state index in [4.69, 9.17) is 0 Å². The van der Waals surface area contributed by atoms with Gasteiger partial charge in [0.2, 0.25) is 0 Å². The van der Waals surface area contributed by atoms with Crippen LogP contribution in [-0.4, -0.2) is 18.9 Å². The van der Waals surface area contributed by atoms with Crippen molar-refractivity contribution >= 4 is 11.8 Å². The molecule has 0 fully saturated rings. The lowest BCUT2D eigenvalue weighted by atomic mass is 10.1. The Morgan fingerprint density at radius 1 is 1.31 bits per heavy atom. The summed E-state index contributed by atoms with van der Waals surface area (Å²) in [6, 6.07) is 0. The molecule has 0 aromatic heterocycles. The molecule has 3 nitrogen and oxygen atoms in total. The Kier molecular flexibility index (Phi) is 6.88. The molecule has 0 rings (SSSR count). The molecular weight excluding hydrogens is 168 g/mol. The topological polar surface area (TPSA) is 43.4 Å². The maximum Gasteiger partial charge on any atom is 0.313 e. The van der Waals surface area contributed by atoms with Crippen molar-refractivity contribution < 1.29 is 14.3 Å². The molecule has 0 atom stereocenters. The zero-order valence-corrected chi connectivity index (χ0v) is 8.21. The number of Topliss-reactive ketones (excluding diaryl/α,β-unsaturated/α-hetero) is 1. The molecule has 0 aliphatic rings. The number of carbonyl (C=O) groups is 2. The number of methoxy groups -OCH3 is 1. The van der Waals surface area contributed by atoms with E-state index >= 15 is 0 Å². The van der Waals surface area contributed by atoms with E-state index in [1.807, 2.05) is 19.1 Å². The van der Waals surface area contributed by atoms with Crippen molar-refractivity contribution in [2.24, 2.45) is 0 Å². The van der Waals surface area contributed by atoms with Gasteiger partial charge in [-0.25, -0.2) is 0 Å². The van der Waals surface area contributed by atoms with Gasteiger partial charge >= 0.3 is 5.97 Å². The molecule has 0 amide bonds. The third-order valence-electron chi connectivity index (χ3n) is 1.56. The van der Waals surface area contributed by atoms with Crippen molar-refractivity contribution in [2.45, 2.75) is 32.6 Å². The van der Waals surface area contributed by atoms with Crippen LogP contribution in [0.4, 0.5) is 0 Å². The van der Waals surface area contributed by atoms with Gasteiger partial charge in [0.05, 0.1) is 7.11 Å². The fraction of sp³-hybridized carbons (Fsp3) is 0.600. The second-order valence-corrected chi connectivity index (χ2v) is 2.71. The van der Waals surface area contributed by atoms with E-state index in [-0.39, 0.29) is 12.2 Å². The normalized spacial score (nSPS) is 10.3. The summed E-state index contributed by atoms with van der Waals surface area (Å²) in [6.07, 6.45) is 5.97. The standard InChI is InChI=1S/C10H16O3/c1-3-4-5-6-7-9(11)8-10(12)13-2/h4-5H,3,6-8H2,1-2H3/b5-4-. The minimum Gasteiger partial charge on any atom is -0.469 e. The van der Waals surface area contributed by atoms with Gasteiger partial charge in [-0.2, -0.15) is 0 Å². The van der Waals surface area contributed by atoms with Crippen LogP contribution in [0, 0.1) is 0 Å². The van der Waals surface area contributed by atoms with Crippen LogP contribution in [0.1, 0.15) is 32.6 Å². The quantitative estimate of drug-likeness (QED) is 0.359. The molecule has 0 unspecified atom stereocenters. The number of ether oxygens (including phenoxy) is 1. The number of allylic oxidation sites excluding steroid dienone is 2. The highest BCUT2D eigenvalue weighted by Gasteiger charge is 2.07. The van der Waals surface area contributed by atoms with Crippen LogP contribution < -0.4 is 0 Å². The number of hydrogen-bond donors (Lipinski definition) is 0. The zero-order valence-electron chi connectivity index (χ0n) is 8.21. The molecule has 0 aliphatic heterocycles. The first-order valence-corrected chi connectivity index (χ1v) is 4.44. The summed E-state index contributed by atoms with van der Waals surface area (Å²) in [7, 11) is 1.28. The molecule has 0 N–H and O–H groups in total. The summed E-state index contributed by atoms with van der Waals surface area (Å²) in [5, 5.41) is 0. The Labute approximate surface area is 78.8 Å². The fourth-order valence-electron chi connectivity index (χ4n) is 0.850. The minimum atomic E-state index is -0.454. The molecule has 0 aliphatic carbocycles. The van der Waals surface area contributed by atoms with E-state index in [0.717, 1.165) is 6.42 Å². The monoisotopic (exact) mass is 184 g/mol. The van der Waals surface area contributed by atoms with Crippen LogP contribution >= 0.6 is 0 Å². The van der Waals surface area contributed by atoms with Gasteiger partial charge in [0.1, 0.15) is 12.2 Å². The van der Waals surface area contributed by atoms with Crippen LogP contribution in [0.5, 0.6) is 0 Å². The molecule has 0 radical (unpaired) electrons. The van der Waals surface area contributed by atoms with Gasteiger partial charge in [0.25, 0.3) is 0 Å². The first kappa shape index (κ1) is 11.9. The number of hydrogen-bond acceptors (Lipinski definition) is 3. The molecule has 0 saturated carbocycles. The highest BCUT2D eigenvalue weighted by molar-refractivity contribution is 5.95. The largest absolute Gasteiger partial charge is 0.469 e. The molecule has 0 saturated heterocycles. The van der Waals surface area contributed by atoms with Gasteiger partial charge < -0.3 is 4.74 Å². The van der Waals surface area contributed by atoms with Gasteiger partial charge in [0.15, 0.2) is 0 Å². The van der Waals surface area contributed by atoms with E-state index in [9.17, 15) is 9.59 Å². The van der Waals surface area contributed by atoms with E-state index in [1.165, 1.54) is 7.11 Å². The summed E-state index contributed by atoms with van der Waals surface area (Å²) in [5.41, 5.74) is 0. The van der Waals surface area contributed by atoms with Crippen LogP contribution in [-0.2, 0) is 14.3 Å². The Morgan fingerprint density at radius 2 is 2.00 bits per heavy atom. The van der Waals surface area contributed by atoms with Crippen LogP contribution in [0.2, 0.25) is 0 Å². The smallest absolute Gasteiger partial charge is 0.313 e. The predicted octanol–water partition coefficient (Wildman–Crippen LogP) is 1.86. The number of ketones is 1. The molecule has 3 heteroatoms. The summed E-state index contributed by atoms with van der Waals surface area (Å²) in [5.74, 6) is -0.517. The Balaban J connectivity index is 3.52. The summed E-state index contributed by atoms with van der Waals surface area (Å²) in [4.78, 5) is 21.7. The molecule has 74 valence electrons. The second-order valence-electron chi connectivity index (χ2n) is 2.71.